The number of hydrogen-bond donors (Lipinski definition) is 2. The minimum atomic E-state index is -0.268. The molecule has 0 bridgehead atoms. The summed E-state index contributed by atoms with van der Waals surface area (Å²) >= 11 is 1.30. The van der Waals surface area contributed by atoms with Crippen LogP contribution >= 0.6 is 11.8 Å². The lowest BCUT2D eigenvalue weighted by molar-refractivity contribution is -0.625. The SMILES string of the molecule is COc1ccc(-[n+]2c(SCC(=O)NN=C(C)c3ccc([O-])cc3)n[nH]c2-c2ccc(C(C)(C)C)cc2)cc1. The van der Waals surface area contributed by atoms with Gasteiger partial charge >= 0.3 is 5.16 Å². The van der Waals surface area contributed by atoms with Crippen molar-refractivity contribution in [3.63, 3.8) is 0 Å². The Bertz CT molecular complexity index is 1420. The minimum Gasteiger partial charge on any atom is -0.872 e. The van der Waals surface area contributed by atoms with Gasteiger partial charge in [0.05, 0.1) is 29.2 Å². The maximum Gasteiger partial charge on any atom is 0.342 e. The van der Waals surface area contributed by atoms with Crippen LogP contribution in [0, 0.1) is 0 Å². The van der Waals surface area contributed by atoms with Crippen LogP contribution < -0.4 is 19.8 Å². The number of carbonyl (C=O) groups is 1. The predicted octanol–water partition coefficient (Wildman–Crippen LogP) is 4.37. The average molecular weight is 530 g/mol. The normalized spacial score (nSPS) is 11.9. The van der Waals surface area contributed by atoms with Crippen molar-refractivity contribution in [1.82, 2.24) is 15.6 Å². The number of aromatic nitrogens is 3. The van der Waals surface area contributed by atoms with Gasteiger partial charge in [0.15, 0.2) is 0 Å². The summed E-state index contributed by atoms with van der Waals surface area (Å²) < 4.78 is 7.31. The molecule has 3 aromatic carbocycles. The van der Waals surface area contributed by atoms with Crippen molar-refractivity contribution < 1.29 is 19.2 Å². The first-order chi connectivity index (χ1) is 18.2. The number of carbonyl (C=O) groups excluding carboxylic acids is 1. The molecule has 38 heavy (non-hydrogen) atoms. The van der Waals surface area contributed by atoms with Crippen LogP contribution in [-0.4, -0.2) is 34.7 Å². The maximum atomic E-state index is 12.6. The maximum absolute atomic E-state index is 12.6. The zero-order valence-electron chi connectivity index (χ0n) is 22.1. The Morgan fingerprint density at radius 3 is 2.32 bits per heavy atom. The second kappa shape index (κ2) is 11.5. The number of amides is 1. The monoisotopic (exact) mass is 529 g/mol. The van der Waals surface area contributed by atoms with Gasteiger partial charge in [0, 0.05) is 0 Å². The summed E-state index contributed by atoms with van der Waals surface area (Å²) in [7, 11) is 1.63. The van der Waals surface area contributed by atoms with E-state index < -0.39 is 0 Å². The fraction of sp³-hybridized carbons (Fsp3) is 0.241. The van der Waals surface area contributed by atoms with Gasteiger partial charge in [-0.15, -0.1) is 10.8 Å². The summed E-state index contributed by atoms with van der Waals surface area (Å²) in [5.74, 6) is 1.32. The first-order valence-electron chi connectivity index (χ1n) is 12.1. The summed E-state index contributed by atoms with van der Waals surface area (Å²) in [5.41, 5.74) is 7.11. The smallest absolute Gasteiger partial charge is 0.342 e. The number of nitrogens with one attached hydrogen (secondary N) is 2. The molecule has 0 fully saturated rings. The number of hydrazone groups is 1. The van der Waals surface area contributed by atoms with Crippen LogP contribution in [0.1, 0.15) is 38.8 Å². The zero-order valence-corrected chi connectivity index (χ0v) is 22.9. The van der Waals surface area contributed by atoms with Crippen molar-refractivity contribution >= 4 is 23.4 Å². The van der Waals surface area contributed by atoms with Gasteiger partial charge in [-0.3, -0.25) is 4.79 Å². The van der Waals surface area contributed by atoms with Crippen LogP contribution in [0.3, 0.4) is 0 Å². The van der Waals surface area contributed by atoms with Crippen molar-refractivity contribution in [2.45, 2.75) is 38.3 Å². The fourth-order valence-electron chi connectivity index (χ4n) is 3.76. The molecule has 0 aliphatic heterocycles. The number of hydrogen-bond acceptors (Lipinski definition) is 6. The van der Waals surface area contributed by atoms with Crippen LogP contribution in [0.25, 0.3) is 17.1 Å². The van der Waals surface area contributed by atoms with Crippen LogP contribution in [0.4, 0.5) is 0 Å². The standard InChI is InChI=1S/C29H31N5O3S/c1-19(20-8-14-24(35)15-9-20)30-31-26(36)18-38-28-33-32-27(21-6-10-22(11-7-21)29(2,3)4)34(28)23-12-16-25(37-5)17-13-23/h6-17H,18H2,1-5H3,(H2,30,31,35,36). The quantitative estimate of drug-likeness (QED) is 0.153. The molecule has 0 aliphatic carbocycles. The molecule has 0 unspecified atom stereocenters. The predicted molar refractivity (Wildman–Crippen MR) is 148 cm³/mol. The Kier molecular flexibility index (Phi) is 8.16. The molecule has 4 aromatic rings. The number of rotatable bonds is 8. The molecule has 1 heterocycles. The van der Waals surface area contributed by atoms with E-state index in [1.54, 1.807) is 26.2 Å². The van der Waals surface area contributed by atoms with Crippen LogP contribution in [-0.2, 0) is 10.2 Å². The van der Waals surface area contributed by atoms with Crippen LogP contribution in [0.2, 0.25) is 0 Å². The molecule has 8 nitrogen and oxygen atoms in total. The Labute approximate surface area is 226 Å². The highest BCUT2D eigenvalue weighted by Gasteiger charge is 2.25. The molecule has 0 atom stereocenters. The minimum absolute atomic E-state index is 0.0488. The van der Waals surface area contributed by atoms with Crippen LogP contribution in [0.5, 0.6) is 11.5 Å². The van der Waals surface area contributed by atoms with Crippen molar-refractivity contribution in [3.05, 3.63) is 83.9 Å². The van der Waals surface area contributed by atoms with Gasteiger partial charge in [-0.25, -0.2) is 5.43 Å². The number of H-pyrrole nitrogens is 1. The lowest BCUT2D eigenvalue weighted by atomic mass is 9.87. The van der Waals surface area contributed by atoms with Crippen molar-refractivity contribution in [2.24, 2.45) is 5.10 Å². The Morgan fingerprint density at radius 1 is 1.05 bits per heavy atom. The molecule has 0 aliphatic rings. The second-order valence-corrected chi connectivity index (χ2v) is 10.7. The third-order valence-electron chi connectivity index (χ3n) is 5.98. The molecule has 196 valence electrons. The van der Waals surface area contributed by atoms with E-state index in [-0.39, 0.29) is 22.8 Å². The highest BCUT2D eigenvalue weighted by atomic mass is 32.2. The third kappa shape index (κ3) is 6.41. The van der Waals surface area contributed by atoms with E-state index in [0.717, 1.165) is 28.4 Å². The third-order valence-corrected chi connectivity index (χ3v) is 6.92. The van der Waals surface area contributed by atoms with E-state index in [9.17, 15) is 9.90 Å². The first-order valence-corrected chi connectivity index (χ1v) is 13.1. The Morgan fingerprint density at radius 2 is 1.71 bits per heavy atom. The molecular weight excluding hydrogens is 498 g/mol. The van der Waals surface area contributed by atoms with Gasteiger partial charge in [-0.1, -0.05) is 57.2 Å². The van der Waals surface area contributed by atoms with E-state index in [1.807, 2.05) is 28.8 Å². The topological polar surface area (TPSA) is 106 Å². The van der Waals surface area contributed by atoms with Gasteiger partial charge < -0.3 is 9.84 Å². The van der Waals surface area contributed by atoms with Gasteiger partial charge in [0.2, 0.25) is 0 Å². The second-order valence-electron chi connectivity index (χ2n) is 9.76. The van der Waals surface area contributed by atoms with Crippen LogP contribution in [0.15, 0.2) is 83.1 Å². The molecule has 1 amide bonds. The number of methoxy groups -OCH3 is 1. The van der Waals surface area contributed by atoms with Gasteiger partial charge in [0.1, 0.15) is 11.4 Å². The van der Waals surface area contributed by atoms with Crippen molar-refractivity contribution in [2.75, 3.05) is 12.9 Å². The largest absolute Gasteiger partial charge is 0.872 e. The summed E-state index contributed by atoms with van der Waals surface area (Å²) in [6.07, 6.45) is 0. The molecule has 4 rings (SSSR count). The molecule has 9 heteroatoms. The molecule has 0 saturated carbocycles. The van der Waals surface area contributed by atoms with Crippen molar-refractivity contribution in [3.8, 4) is 28.6 Å². The van der Waals surface area contributed by atoms with Gasteiger partial charge in [-0.2, -0.15) is 9.67 Å². The molecular formula is C29H31N5O3S. The van der Waals surface area contributed by atoms with Crippen molar-refractivity contribution in [1.29, 1.82) is 0 Å². The van der Waals surface area contributed by atoms with E-state index in [1.165, 1.54) is 29.5 Å². The van der Waals surface area contributed by atoms with E-state index in [2.05, 4.69) is 65.8 Å². The van der Waals surface area contributed by atoms with Gasteiger partial charge in [-0.05, 0) is 71.6 Å². The number of benzene rings is 3. The first kappa shape index (κ1) is 26.9. The Hall–Kier alpha value is -4.11. The Balaban J connectivity index is 1.56. The lowest BCUT2D eigenvalue weighted by Gasteiger charge is -2.18. The van der Waals surface area contributed by atoms with E-state index in [0.29, 0.717) is 10.9 Å². The molecule has 0 radical (unpaired) electrons. The molecule has 1 aromatic heterocycles. The fourth-order valence-corrected chi connectivity index (χ4v) is 4.52. The summed E-state index contributed by atoms with van der Waals surface area (Å²) in [6.45, 7) is 8.32. The lowest BCUT2D eigenvalue weighted by Crippen LogP contribution is -2.34. The number of nitrogens with zero attached hydrogens (tertiary/aromatic N) is 3. The molecule has 2 N–H and O–H groups in total. The highest BCUT2D eigenvalue weighted by Crippen LogP contribution is 2.26. The van der Waals surface area contributed by atoms with E-state index in [4.69, 9.17) is 4.74 Å². The number of thioether (sulfide) groups is 1. The average Bonchev–Trinajstić information content (AvgIpc) is 3.34. The zero-order chi connectivity index (χ0) is 27.3. The van der Waals surface area contributed by atoms with E-state index >= 15 is 0 Å². The summed E-state index contributed by atoms with van der Waals surface area (Å²) in [5, 5.41) is 23.8. The summed E-state index contributed by atoms with van der Waals surface area (Å²) in [6, 6.07) is 22.4. The molecule has 0 spiro atoms. The highest BCUT2D eigenvalue weighted by molar-refractivity contribution is 7.99. The summed E-state index contributed by atoms with van der Waals surface area (Å²) in [4.78, 5) is 12.6. The molecule has 0 saturated heterocycles. The number of ether oxygens (including phenoxy) is 1. The number of aromatic amines is 1. The van der Waals surface area contributed by atoms with Gasteiger partial charge in [0.25, 0.3) is 11.7 Å².